The fourth-order valence-corrected chi connectivity index (χ4v) is 2.15. The van der Waals surface area contributed by atoms with Crippen molar-refractivity contribution in [2.45, 2.75) is 13.8 Å². The fourth-order valence-electron chi connectivity index (χ4n) is 1.38. The smallest absolute Gasteiger partial charge is 0.395 e. The molecule has 0 unspecified atom stereocenters. The SMILES string of the molecule is Cc1c(C)c(N)c2c(c1N)OS(=O)(=O)O2. The third-order valence-corrected chi connectivity index (χ3v) is 3.18. The third kappa shape index (κ3) is 1.27. The summed E-state index contributed by atoms with van der Waals surface area (Å²) in [5.74, 6) is -0.0359. The molecule has 1 heterocycles. The average molecular weight is 230 g/mol. The van der Waals surface area contributed by atoms with Crippen LogP contribution >= 0.6 is 0 Å². The van der Waals surface area contributed by atoms with Crippen molar-refractivity contribution in [3.63, 3.8) is 0 Å². The maximum atomic E-state index is 11.1. The van der Waals surface area contributed by atoms with E-state index in [-0.39, 0.29) is 22.9 Å². The molecule has 2 rings (SSSR count). The number of nitrogen functional groups attached to an aromatic ring is 2. The zero-order chi connectivity index (χ0) is 11.4. The number of rotatable bonds is 0. The summed E-state index contributed by atoms with van der Waals surface area (Å²) in [4.78, 5) is 0. The van der Waals surface area contributed by atoms with Crippen LogP contribution in [0.4, 0.5) is 11.4 Å². The predicted molar refractivity (Wildman–Crippen MR) is 54.9 cm³/mol. The number of benzene rings is 1. The molecule has 0 saturated heterocycles. The molecular formula is C8H10N2O4S. The molecule has 0 bridgehead atoms. The van der Waals surface area contributed by atoms with E-state index in [1.165, 1.54) is 0 Å². The summed E-state index contributed by atoms with van der Waals surface area (Å²) in [6.45, 7) is 3.46. The van der Waals surface area contributed by atoms with Crippen molar-refractivity contribution in [1.82, 2.24) is 0 Å². The molecule has 0 radical (unpaired) electrons. The zero-order valence-electron chi connectivity index (χ0n) is 8.20. The van der Waals surface area contributed by atoms with Crippen LogP contribution in [0.15, 0.2) is 0 Å². The summed E-state index contributed by atoms with van der Waals surface area (Å²) in [7, 11) is -4.04. The van der Waals surface area contributed by atoms with E-state index in [2.05, 4.69) is 8.37 Å². The van der Waals surface area contributed by atoms with Gasteiger partial charge in [0.25, 0.3) is 0 Å². The van der Waals surface area contributed by atoms with Crippen LogP contribution in [0.5, 0.6) is 11.5 Å². The predicted octanol–water partition coefficient (Wildman–Crippen LogP) is 0.484. The summed E-state index contributed by atoms with van der Waals surface area (Å²) in [5, 5.41) is 0. The Bertz CT molecular complexity index is 507. The molecule has 0 saturated carbocycles. The largest absolute Gasteiger partial charge is 0.501 e. The minimum Gasteiger partial charge on any atom is -0.395 e. The Morgan fingerprint density at radius 3 is 1.60 bits per heavy atom. The zero-order valence-corrected chi connectivity index (χ0v) is 9.01. The standard InChI is InChI=1S/C8H10N2O4S/c1-3-4(2)6(10)8-7(5(3)9)13-15(11,12)14-8/h9-10H2,1-2H3. The summed E-state index contributed by atoms with van der Waals surface area (Å²) in [6.07, 6.45) is 0. The lowest BCUT2D eigenvalue weighted by Gasteiger charge is -2.09. The number of nitrogens with two attached hydrogens (primary N) is 2. The Morgan fingerprint density at radius 2 is 1.27 bits per heavy atom. The number of hydrogen-bond donors (Lipinski definition) is 2. The minimum atomic E-state index is -4.04. The van der Waals surface area contributed by atoms with Crippen molar-refractivity contribution < 1.29 is 16.8 Å². The van der Waals surface area contributed by atoms with E-state index in [4.69, 9.17) is 11.5 Å². The molecule has 0 atom stereocenters. The molecule has 0 fully saturated rings. The normalized spacial score (nSPS) is 16.7. The maximum Gasteiger partial charge on any atom is 0.501 e. The molecule has 0 spiro atoms. The molecule has 1 aliphatic heterocycles. The van der Waals surface area contributed by atoms with Crippen LogP contribution in [0.3, 0.4) is 0 Å². The second kappa shape index (κ2) is 2.69. The lowest BCUT2D eigenvalue weighted by molar-refractivity contribution is 0.437. The van der Waals surface area contributed by atoms with Gasteiger partial charge >= 0.3 is 10.4 Å². The fraction of sp³-hybridized carbons (Fsp3) is 0.250. The van der Waals surface area contributed by atoms with Crippen LogP contribution < -0.4 is 19.8 Å². The first kappa shape index (κ1) is 9.91. The van der Waals surface area contributed by atoms with Crippen molar-refractivity contribution in [3.8, 4) is 11.5 Å². The minimum absolute atomic E-state index is 0.0180. The maximum absolute atomic E-state index is 11.1. The second-order valence-electron chi connectivity index (χ2n) is 3.31. The molecule has 7 heteroatoms. The van der Waals surface area contributed by atoms with Gasteiger partial charge in [0.1, 0.15) is 0 Å². The first-order valence-corrected chi connectivity index (χ1v) is 5.49. The van der Waals surface area contributed by atoms with Crippen molar-refractivity contribution in [2.24, 2.45) is 0 Å². The molecule has 1 aromatic rings. The number of anilines is 2. The average Bonchev–Trinajstić information content (AvgIpc) is 2.48. The van der Waals surface area contributed by atoms with Crippen LogP contribution in [0.25, 0.3) is 0 Å². The molecule has 6 nitrogen and oxygen atoms in total. The molecule has 15 heavy (non-hydrogen) atoms. The Labute approximate surface area is 87.1 Å². The van der Waals surface area contributed by atoms with E-state index >= 15 is 0 Å². The lowest BCUT2D eigenvalue weighted by Crippen LogP contribution is -2.08. The van der Waals surface area contributed by atoms with Gasteiger partial charge in [-0.2, -0.15) is 0 Å². The Morgan fingerprint density at radius 1 is 0.933 bits per heavy atom. The van der Waals surface area contributed by atoms with Gasteiger partial charge in [0.15, 0.2) is 0 Å². The van der Waals surface area contributed by atoms with E-state index in [0.717, 1.165) is 0 Å². The third-order valence-electron chi connectivity index (χ3n) is 2.44. The molecule has 0 amide bonds. The van der Waals surface area contributed by atoms with Gasteiger partial charge in [-0.1, -0.05) is 0 Å². The van der Waals surface area contributed by atoms with E-state index in [9.17, 15) is 8.42 Å². The molecule has 1 aromatic carbocycles. The highest BCUT2D eigenvalue weighted by Crippen LogP contribution is 2.48. The summed E-state index contributed by atoms with van der Waals surface area (Å²) < 4.78 is 31.3. The van der Waals surface area contributed by atoms with Crippen molar-refractivity contribution in [3.05, 3.63) is 11.1 Å². The van der Waals surface area contributed by atoms with Gasteiger partial charge in [0.2, 0.25) is 11.5 Å². The summed E-state index contributed by atoms with van der Waals surface area (Å²) >= 11 is 0. The van der Waals surface area contributed by atoms with Crippen molar-refractivity contribution >= 4 is 21.8 Å². The van der Waals surface area contributed by atoms with Crippen LogP contribution in [0, 0.1) is 13.8 Å². The van der Waals surface area contributed by atoms with Gasteiger partial charge in [-0.05, 0) is 25.0 Å². The number of fused-ring (bicyclic) bond motifs is 1. The van der Waals surface area contributed by atoms with Crippen LogP contribution in [-0.2, 0) is 10.4 Å². The molecule has 4 N–H and O–H groups in total. The van der Waals surface area contributed by atoms with E-state index in [1.54, 1.807) is 13.8 Å². The first-order valence-electron chi connectivity index (χ1n) is 4.15. The molecule has 1 aliphatic rings. The Kier molecular flexibility index (Phi) is 1.78. The molecule has 0 aromatic heterocycles. The summed E-state index contributed by atoms with van der Waals surface area (Å²) in [6, 6.07) is 0. The summed E-state index contributed by atoms with van der Waals surface area (Å²) in [5.41, 5.74) is 13.2. The van der Waals surface area contributed by atoms with Gasteiger partial charge in [-0.3, -0.25) is 0 Å². The Balaban J connectivity index is 2.80. The second-order valence-corrected chi connectivity index (χ2v) is 4.46. The highest BCUT2D eigenvalue weighted by molar-refractivity contribution is 7.82. The lowest BCUT2D eigenvalue weighted by atomic mass is 10.0. The highest BCUT2D eigenvalue weighted by Gasteiger charge is 2.34. The van der Waals surface area contributed by atoms with E-state index in [0.29, 0.717) is 11.1 Å². The van der Waals surface area contributed by atoms with E-state index in [1.807, 2.05) is 0 Å². The topological polar surface area (TPSA) is 105 Å². The molecular weight excluding hydrogens is 220 g/mol. The highest BCUT2D eigenvalue weighted by atomic mass is 32.3. The first-order chi connectivity index (χ1) is 6.83. The van der Waals surface area contributed by atoms with Crippen molar-refractivity contribution in [1.29, 1.82) is 0 Å². The van der Waals surface area contributed by atoms with Crippen LogP contribution in [-0.4, -0.2) is 8.42 Å². The van der Waals surface area contributed by atoms with Crippen LogP contribution in [0.1, 0.15) is 11.1 Å². The van der Waals surface area contributed by atoms with Gasteiger partial charge < -0.3 is 19.8 Å². The quantitative estimate of drug-likeness (QED) is 0.628. The molecule has 82 valence electrons. The van der Waals surface area contributed by atoms with Gasteiger partial charge in [0, 0.05) is 0 Å². The van der Waals surface area contributed by atoms with E-state index < -0.39 is 10.4 Å². The number of hydrogen-bond acceptors (Lipinski definition) is 6. The van der Waals surface area contributed by atoms with Crippen molar-refractivity contribution in [2.75, 3.05) is 11.5 Å². The van der Waals surface area contributed by atoms with Crippen LogP contribution in [0.2, 0.25) is 0 Å². The Hall–Kier alpha value is -1.63. The monoisotopic (exact) mass is 230 g/mol. The molecule has 0 aliphatic carbocycles. The van der Waals surface area contributed by atoms with Gasteiger partial charge in [0.05, 0.1) is 11.4 Å². The van der Waals surface area contributed by atoms with Gasteiger partial charge in [-0.15, -0.1) is 8.42 Å². The van der Waals surface area contributed by atoms with Gasteiger partial charge in [-0.25, -0.2) is 0 Å².